The molecule has 1 atom stereocenters. The van der Waals surface area contributed by atoms with E-state index in [1.165, 1.54) is 12.8 Å². The van der Waals surface area contributed by atoms with E-state index >= 15 is 0 Å². The molecule has 7 nitrogen and oxygen atoms in total. The minimum Gasteiger partial charge on any atom is -0.768 e. The Kier molecular flexibility index (Phi) is 3.65. The van der Waals surface area contributed by atoms with Crippen LogP contribution < -0.4 is 5.32 Å². The molecule has 1 unspecified atom stereocenters. The fourth-order valence-electron chi connectivity index (χ4n) is 2.90. The summed E-state index contributed by atoms with van der Waals surface area (Å²) in [5, 5.41) is 7.18. The van der Waals surface area contributed by atoms with Gasteiger partial charge < -0.3 is 19.4 Å². The van der Waals surface area contributed by atoms with E-state index in [0.29, 0.717) is 28.7 Å². The highest BCUT2D eigenvalue weighted by Crippen LogP contribution is 2.33. The molecule has 2 N–H and O–H groups in total. The molecular weight excluding hydrogens is 328 g/mol. The molecule has 4 rings (SSSR count). The standard InChI is InChI=1S/C16H18N4O3S/c1-8-14(9(2)23-20-8)11-5-12-15(13(6-11)24(21)22)19-16(18-12)17-7-10-3-4-10/h5-6,10H,3-4,7H2,1-2H3,(H,21,22)(H2,17,18,19)/p-1. The fourth-order valence-corrected chi connectivity index (χ4v) is 3.44. The van der Waals surface area contributed by atoms with Gasteiger partial charge >= 0.3 is 0 Å². The molecular formula is C16H17N4O3S-. The lowest BCUT2D eigenvalue weighted by Gasteiger charge is -2.09. The minimum absolute atomic E-state index is 0.165. The second kappa shape index (κ2) is 5.71. The first kappa shape index (κ1) is 15.3. The molecule has 1 aromatic carbocycles. The third-order valence-corrected chi connectivity index (χ3v) is 4.98. The van der Waals surface area contributed by atoms with Crippen LogP contribution in [-0.2, 0) is 11.1 Å². The maximum absolute atomic E-state index is 11.7. The van der Waals surface area contributed by atoms with Crippen molar-refractivity contribution in [1.29, 1.82) is 0 Å². The van der Waals surface area contributed by atoms with Gasteiger partial charge in [-0.3, -0.25) is 4.21 Å². The molecule has 2 aromatic heterocycles. The van der Waals surface area contributed by atoms with Crippen molar-refractivity contribution in [2.24, 2.45) is 5.92 Å². The smallest absolute Gasteiger partial charge is 0.201 e. The Hall–Kier alpha value is -2.19. The van der Waals surface area contributed by atoms with Crippen LogP contribution in [0.25, 0.3) is 22.2 Å². The van der Waals surface area contributed by atoms with E-state index in [2.05, 4.69) is 20.4 Å². The fraction of sp³-hybridized carbons (Fsp3) is 0.375. The van der Waals surface area contributed by atoms with Crippen LogP contribution in [0.5, 0.6) is 0 Å². The summed E-state index contributed by atoms with van der Waals surface area (Å²) < 4.78 is 28.6. The number of aromatic amines is 1. The lowest BCUT2D eigenvalue weighted by molar-refractivity contribution is 0.393. The summed E-state index contributed by atoms with van der Waals surface area (Å²) in [4.78, 5) is 7.74. The summed E-state index contributed by atoms with van der Waals surface area (Å²) in [6.45, 7) is 4.49. The van der Waals surface area contributed by atoms with E-state index in [1.807, 2.05) is 19.9 Å². The lowest BCUT2D eigenvalue weighted by Crippen LogP contribution is -2.04. The zero-order valence-corrected chi connectivity index (χ0v) is 14.2. The minimum atomic E-state index is -2.39. The Labute approximate surface area is 141 Å². The normalized spacial score (nSPS) is 15.8. The highest BCUT2D eigenvalue weighted by Gasteiger charge is 2.21. The summed E-state index contributed by atoms with van der Waals surface area (Å²) in [5.74, 6) is 1.95. The van der Waals surface area contributed by atoms with Crippen LogP contribution in [0.1, 0.15) is 24.3 Å². The first-order valence-corrected chi connectivity index (χ1v) is 8.90. The molecule has 2 heterocycles. The molecule has 1 fully saturated rings. The van der Waals surface area contributed by atoms with Gasteiger partial charge in [-0.1, -0.05) is 5.16 Å². The summed E-state index contributed by atoms with van der Waals surface area (Å²) in [7, 11) is 0. The molecule has 0 aliphatic heterocycles. The van der Waals surface area contributed by atoms with Crippen LogP contribution >= 0.6 is 0 Å². The van der Waals surface area contributed by atoms with E-state index < -0.39 is 11.1 Å². The number of imidazole rings is 1. The third kappa shape index (κ3) is 2.71. The van der Waals surface area contributed by atoms with Gasteiger partial charge in [-0.25, -0.2) is 4.98 Å². The summed E-state index contributed by atoms with van der Waals surface area (Å²) in [5.41, 5.74) is 3.39. The summed E-state index contributed by atoms with van der Waals surface area (Å²) in [6.07, 6.45) is 2.47. The molecule has 1 saturated carbocycles. The molecule has 3 aromatic rings. The number of benzene rings is 1. The van der Waals surface area contributed by atoms with Crippen LogP contribution in [-0.4, -0.2) is 30.4 Å². The molecule has 24 heavy (non-hydrogen) atoms. The largest absolute Gasteiger partial charge is 0.768 e. The van der Waals surface area contributed by atoms with E-state index in [1.54, 1.807) is 6.07 Å². The second-order valence-corrected chi connectivity index (χ2v) is 7.12. The van der Waals surface area contributed by atoms with Gasteiger partial charge in [0.2, 0.25) is 5.95 Å². The van der Waals surface area contributed by atoms with Gasteiger partial charge in [0, 0.05) is 12.1 Å². The van der Waals surface area contributed by atoms with E-state index in [9.17, 15) is 8.76 Å². The number of aryl methyl sites for hydroxylation is 2. The van der Waals surface area contributed by atoms with Crippen molar-refractivity contribution in [3.63, 3.8) is 0 Å². The van der Waals surface area contributed by atoms with Gasteiger partial charge in [0.05, 0.1) is 16.1 Å². The van der Waals surface area contributed by atoms with Gasteiger partial charge in [0.25, 0.3) is 0 Å². The van der Waals surface area contributed by atoms with Gasteiger partial charge in [-0.15, -0.1) is 0 Å². The van der Waals surface area contributed by atoms with Gasteiger partial charge in [-0.2, -0.15) is 0 Å². The number of fused-ring (bicyclic) bond motifs is 1. The zero-order valence-electron chi connectivity index (χ0n) is 13.4. The maximum Gasteiger partial charge on any atom is 0.201 e. The molecule has 1 aliphatic rings. The van der Waals surface area contributed by atoms with Crippen LogP contribution in [0, 0.1) is 19.8 Å². The molecule has 1 aliphatic carbocycles. The number of aromatic nitrogens is 3. The average Bonchev–Trinajstić information content (AvgIpc) is 3.19. The first-order chi connectivity index (χ1) is 11.5. The van der Waals surface area contributed by atoms with Crippen LogP contribution in [0.3, 0.4) is 0 Å². The molecule has 0 radical (unpaired) electrons. The van der Waals surface area contributed by atoms with E-state index in [-0.39, 0.29) is 4.90 Å². The van der Waals surface area contributed by atoms with Crippen molar-refractivity contribution in [2.75, 3.05) is 11.9 Å². The number of nitrogens with zero attached hydrogens (tertiary/aromatic N) is 2. The number of rotatable bonds is 5. The Balaban J connectivity index is 1.82. The van der Waals surface area contributed by atoms with Crippen LogP contribution in [0.4, 0.5) is 5.95 Å². The van der Waals surface area contributed by atoms with Crippen molar-refractivity contribution in [2.45, 2.75) is 31.6 Å². The monoisotopic (exact) mass is 345 g/mol. The Bertz CT molecular complexity index is 923. The summed E-state index contributed by atoms with van der Waals surface area (Å²) >= 11 is -2.39. The molecule has 0 saturated heterocycles. The number of nitrogens with one attached hydrogen (secondary N) is 2. The predicted molar refractivity (Wildman–Crippen MR) is 89.5 cm³/mol. The van der Waals surface area contributed by atoms with E-state index in [4.69, 9.17) is 4.52 Å². The van der Waals surface area contributed by atoms with Crippen molar-refractivity contribution in [3.8, 4) is 11.1 Å². The lowest BCUT2D eigenvalue weighted by atomic mass is 10.0. The molecule has 126 valence electrons. The van der Waals surface area contributed by atoms with Gasteiger partial charge in [0.1, 0.15) is 11.3 Å². The highest BCUT2D eigenvalue weighted by molar-refractivity contribution is 7.79. The van der Waals surface area contributed by atoms with Crippen molar-refractivity contribution >= 4 is 28.1 Å². The van der Waals surface area contributed by atoms with Crippen molar-refractivity contribution in [1.82, 2.24) is 15.1 Å². The molecule has 0 bridgehead atoms. The van der Waals surface area contributed by atoms with Crippen molar-refractivity contribution in [3.05, 3.63) is 23.6 Å². The van der Waals surface area contributed by atoms with Gasteiger partial charge in [0.15, 0.2) is 0 Å². The maximum atomic E-state index is 11.7. The van der Waals surface area contributed by atoms with Crippen LogP contribution in [0.2, 0.25) is 0 Å². The van der Waals surface area contributed by atoms with E-state index in [0.717, 1.165) is 23.4 Å². The molecule has 0 amide bonds. The van der Waals surface area contributed by atoms with Crippen molar-refractivity contribution < 1.29 is 13.3 Å². The average molecular weight is 345 g/mol. The number of H-pyrrole nitrogens is 1. The first-order valence-electron chi connectivity index (χ1n) is 7.83. The second-order valence-electron chi connectivity index (χ2n) is 6.21. The zero-order chi connectivity index (χ0) is 16.8. The third-order valence-electron chi connectivity index (χ3n) is 4.31. The topological polar surface area (TPSA) is 107 Å². The Morgan fingerprint density at radius 2 is 2.21 bits per heavy atom. The number of hydrogen-bond acceptors (Lipinski definition) is 6. The molecule has 8 heteroatoms. The Morgan fingerprint density at radius 3 is 2.83 bits per heavy atom. The predicted octanol–water partition coefficient (Wildman–Crippen LogP) is 2.89. The Morgan fingerprint density at radius 1 is 1.42 bits per heavy atom. The highest BCUT2D eigenvalue weighted by atomic mass is 32.2. The summed E-state index contributed by atoms with van der Waals surface area (Å²) in [6, 6.07) is 3.50. The van der Waals surface area contributed by atoms with Crippen LogP contribution in [0.15, 0.2) is 21.6 Å². The quantitative estimate of drug-likeness (QED) is 0.689. The SMILES string of the molecule is Cc1noc(C)c1-c1cc(S(=O)[O-])c2nc(NCC3CC3)[nH]c2c1. The number of hydrogen-bond donors (Lipinski definition) is 2. The van der Waals surface area contributed by atoms with Gasteiger partial charge in [-0.05, 0) is 61.4 Å². The number of anilines is 1. The molecule has 0 spiro atoms.